The van der Waals surface area contributed by atoms with Gasteiger partial charge in [-0.1, -0.05) is 23.7 Å². The summed E-state index contributed by atoms with van der Waals surface area (Å²) in [6, 6.07) is 7.12. The highest BCUT2D eigenvalue weighted by Crippen LogP contribution is 2.14. The molecule has 0 bridgehead atoms. The van der Waals surface area contributed by atoms with Crippen molar-refractivity contribution in [1.29, 1.82) is 0 Å². The van der Waals surface area contributed by atoms with Gasteiger partial charge in [0.1, 0.15) is 6.04 Å². The zero-order chi connectivity index (χ0) is 16.2. The lowest BCUT2D eigenvalue weighted by Gasteiger charge is -2.36. The Hall–Kier alpha value is -1.34. The number of carbonyl (C=O) groups excluding carboxylic acids is 2. The van der Waals surface area contributed by atoms with Crippen LogP contribution in [0, 0.1) is 0 Å². The van der Waals surface area contributed by atoms with Crippen molar-refractivity contribution in [3.63, 3.8) is 0 Å². The van der Waals surface area contributed by atoms with Crippen molar-refractivity contribution in [1.82, 2.24) is 15.1 Å². The zero-order valence-corrected chi connectivity index (χ0v) is 14.8. The summed E-state index contributed by atoms with van der Waals surface area (Å²) >= 11 is 5.87. The summed E-state index contributed by atoms with van der Waals surface area (Å²) in [5, 5.41) is 3.81. The molecule has 1 unspecified atom stereocenters. The molecular formula is C16H21Cl2N3O3. The Morgan fingerprint density at radius 1 is 1.29 bits per heavy atom. The fraction of sp³-hybridized carbons (Fsp3) is 0.500. The first kappa shape index (κ1) is 19.0. The Kier molecular flexibility index (Phi) is 6.86. The van der Waals surface area contributed by atoms with Gasteiger partial charge in [-0.2, -0.15) is 0 Å². The van der Waals surface area contributed by atoms with Crippen molar-refractivity contribution in [2.24, 2.45) is 0 Å². The predicted molar refractivity (Wildman–Crippen MR) is 93.3 cm³/mol. The van der Waals surface area contributed by atoms with Gasteiger partial charge in [0.15, 0.2) is 0 Å². The van der Waals surface area contributed by atoms with E-state index in [1.165, 1.54) is 0 Å². The van der Waals surface area contributed by atoms with Crippen LogP contribution in [-0.2, 0) is 20.9 Å². The van der Waals surface area contributed by atoms with Crippen LogP contribution in [0.25, 0.3) is 0 Å². The molecule has 2 fully saturated rings. The van der Waals surface area contributed by atoms with Gasteiger partial charge in [0.25, 0.3) is 0 Å². The summed E-state index contributed by atoms with van der Waals surface area (Å²) in [4.78, 5) is 28.1. The van der Waals surface area contributed by atoms with Crippen molar-refractivity contribution in [2.45, 2.75) is 12.6 Å². The van der Waals surface area contributed by atoms with Crippen LogP contribution in [0.3, 0.4) is 0 Å². The van der Waals surface area contributed by atoms with Gasteiger partial charge in [-0.25, -0.2) is 0 Å². The van der Waals surface area contributed by atoms with Gasteiger partial charge in [-0.05, 0) is 17.7 Å². The first-order chi connectivity index (χ1) is 11.1. The molecule has 132 valence electrons. The fourth-order valence-electron chi connectivity index (χ4n) is 2.82. The van der Waals surface area contributed by atoms with Crippen LogP contribution in [0.4, 0.5) is 0 Å². The van der Waals surface area contributed by atoms with Gasteiger partial charge in [0, 0.05) is 31.2 Å². The summed E-state index contributed by atoms with van der Waals surface area (Å²) in [5.74, 6) is -0.0829. The van der Waals surface area contributed by atoms with Crippen LogP contribution in [-0.4, -0.2) is 67.0 Å². The lowest BCUT2D eigenvalue weighted by Crippen LogP contribution is -2.58. The van der Waals surface area contributed by atoms with Crippen LogP contribution >= 0.6 is 24.0 Å². The molecule has 2 heterocycles. The Morgan fingerprint density at radius 2 is 2.04 bits per heavy atom. The smallest absolute Gasteiger partial charge is 0.242 e. The minimum Gasteiger partial charge on any atom is -0.378 e. The lowest BCUT2D eigenvalue weighted by molar-refractivity contribution is -0.148. The Morgan fingerprint density at radius 3 is 2.67 bits per heavy atom. The van der Waals surface area contributed by atoms with Gasteiger partial charge in [0.2, 0.25) is 11.8 Å². The van der Waals surface area contributed by atoms with E-state index < -0.39 is 0 Å². The molecule has 0 aromatic heterocycles. The monoisotopic (exact) mass is 373 g/mol. The van der Waals surface area contributed by atoms with E-state index >= 15 is 0 Å². The fourth-order valence-corrected chi connectivity index (χ4v) is 2.94. The summed E-state index contributed by atoms with van der Waals surface area (Å²) in [6.45, 7) is 3.43. The third kappa shape index (κ3) is 4.60. The number of amides is 2. The molecule has 0 saturated carbocycles. The molecule has 2 aliphatic heterocycles. The number of nitrogens with one attached hydrogen (secondary N) is 1. The van der Waals surface area contributed by atoms with E-state index in [-0.39, 0.29) is 36.8 Å². The first-order valence-corrected chi connectivity index (χ1v) is 8.13. The largest absolute Gasteiger partial charge is 0.378 e. The minimum atomic E-state index is -0.334. The number of benzene rings is 1. The first-order valence-electron chi connectivity index (χ1n) is 7.75. The number of hydrogen-bond donors (Lipinski definition) is 1. The molecular weight excluding hydrogens is 353 g/mol. The normalized spacial score (nSPS) is 21.4. The summed E-state index contributed by atoms with van der Waals surface area (Å²) in [7, 11) is 0. The third-order valence-electron chi connectivity index (χ3n) is 4.14. The molecule has 6 nitrogen and oxygen atoms in total. The van der Waals surface area contributed by atoms with E-state index in [1.807, 2.05) is 24.3 Å². The van der Waals surface area contributed by atoms with Gasteiger partial charge in [-0.3, -0.25) is 9.59 Å². The SMILES string of the molecule is Cl.O=C1CN(C(=O)C2COCCN2)CCN1Cc1ccc(Cl)cc1. The van der Waals surface area contributed by atoms with Gasteiger partial charge < -0.3 is 19.9 Å². The van der Waals surface area contributed by atoms with Crippen LogP contribution in [0.15, 0.2) is 24.3 Å². The number of carbonyl (C=O) groups is 2. The van der Waals surface area contributed by atoms with Crippen LogP contribution < -0.4 is 5.32 Å². The van der Waals surface area contributed by atoms with Gasteiger partial charge in [-0.15, -0.1) is 12.4 Å². The van der Waals surface area contributed by atoms with Gasteiger partial charge >= 0.3 is 0 Å². The Balaban J connectivity index is 0.00000208. The molecule has 1 N–H and O–H groups in total. The molecule has 1 aromatic carbocycles. The van der Waals surface area contributed by atoms with Crippen molar-refractivity contribution < 1.29 is 14.3 Å². The highest BCUT2D eigenvalue weighted by atomic mass is 35.5. The second kappa shape index (κ2) is 8.67. The molecule has 2 aliphatic rings. The lowest BCUT2D eigenvalue weighted by atomic mass is 10.1. The van der Waals surface area contributed by atoms with E-state index in [4.69, 9.17) is 16.3 Å². The average Bonchev–Trinajstić information content (AvgIpc) is 2.59. The molecule has 0 spiro atoms. The summed E-state index contributed by atoms with van der Waals surface area (Å²) in [5.41, 5.74) is 1.03. The topological polar surface area (TPSA) is 61.9 Å². The maximum atomic E-state index is 12.4. The predicted octanol–water partition coefficient (Wildman–Crippen LogP) is 0.921. The number of piperazine rings is 1. The molecule has 3 rings (SSSR count). The molecule has 8 heteroatoms. The van der Waals surface area contributed by atoms with Crippen LogP contribution in [0.5, 0.6) is 0 Å². The molecule has 1 atom stereocenters. The average molecular weight is 374 g/mol. The number of halogens is 2. The molecule has 0 aliphatic carbocycles. The molecule has 2 saturated heterocycles. The van der Waals surface area contributed by atoms with Crippen molar-refractivity contribution in [2.75, 3.05) is 39.4 Å². The standard InChI is InChI=1S/C16H20ClN3O3.ClH/c17-13-3-1-12(2-4-13)9-19-6-7-20(10-15(19)21)16(22)14-11-23-8-5-18-14;/h1-4,14,18H,5-11H2;1H. The van der Waals surface area contributed by atoms with E-state index in [1.54, 1.807) is 9.80 Å². The van der Waals surface area contributed by atoms with Crippen molar-refractivity contribution >= 4 is 35.8 Å². The molecule has 2 amide bonds. The van der Waals surface area contributed by atoms with Crippen LogP contribution in [0.1, 0.15) is 5.56 Å². The highest BCUT2D eigenvalue weighted by Gasteiger charge is 2.32. The second-order valence-electron chi connectivity index (χ2n) is 5.78. The van der Waals surface area contributed by atoms with Crippen LogP contribution in [0.2, 0.25) is 5.02 Å². The summed E-state index contributed by atoms with van der Waals surface area (Å²) in [6.07, 6.45) is 0. The maximum absolute atomic E-state index is 12.4. The zero-order valence-electron chi connectivity index (χ0n) is 13.2. The van der Waals surface area contributed by atoms with E-state index in [0.29, 0.717) is 44.4 Å². The minimum absolute atomic E-state index is 0. The van der Waals surface area contributed by atoms with E-state index in [2.05, 4.69) is 5.32 Å². The number of ether oxygens (including phenoxy) is 1. The maximum Gasteiger partial charge on any atom is 0.242 e. The Labute approximate surface area is 152 Å². The quantitative estimate of drug-likeness (QED) is 0.855. The third-order valence-corrected chi connectivity index (χ3v) is 4.39. The molecule has 1 aromatic rings. The van der Waals surface area contributed by atoms with E-state index in [9.17, 15) is 9.59 Å². The van der Waals surface area contributed by atoms with Crippen molar-refractivity contribution in [3.05, 3.63) is 34.9 Å². The number of hydrogen-bond acceptors (Lipinski definition) is 4. The highest BCUT2D eigenvalue weighted by molar-refractivity contribution is 6.30. The molecule has 24 heavy (non-hydrogen) atoms. The number of morpholine rings is 1. The second-order valence-corrected chi connectivity index (χ2v) is 6.22. The van der Waals surface area contributed by atoms with Crippen molar-refractivity contribution in [3.8, 4) is 0 Å². The Bertz CT molecular complexity index is 576. The molecule has 0 radical (unpaired) electrons. The summed E-state index contributed by atoms with van der Waals surface area (Å²) < 4.78 is 5.31. The number of nitrogens with zero attached hydrogens (tertiary/aromatic N) is 2. The van der Waals surface area contributed by atoms with Gasteiger partial charge in [0.05, 0.1) is 19.8 Å². The van der Waals surface area contributed by atoms with E-state index in [0.717, 1.165) is 5.56 Å². The number of rotatable bonds is 3.